The van der Waals surface area contributed by atoms with Gasteiger partial charge < -0.3 is 10.6 Å². The topological polar surface area (TPSA) is 55.0 Å². The minimum Gasteiger partial charge on any atom is -0.368 e. The normalized spacial score (nSPS) is 10.4. The molecule has 2 aromatic rings. The fourth-order valence-electron chi connectivity index (χ4n) is 1.82. The lowest BCUT2D eigenvalue weighted by Gasteiger charge is -2.23. The smallest absolute Gasteiger partial charge is 0.221 e. The summed E-state index contributed by atoms with van der Waals surface area (Å²) in [6.45, 7) is 4.54. The number of hydrogen-bond acceptors (Lipinski definition) is 4. The molecular weight excluding hydrogens is 231 g/mol. The molecule has 0 unspecified atom stereocenters. The average Bonchev–Trinajstić information content (AvgIpc) is 2.35. The first-order chi connectivity index (χ1) is 8.61. The first-order valence-corrected chi connectivity index (χ1v) is 5.74. The zero-order valence-electron chi connectivity index (χ0n) is 10.4. The Balaban J connectivity index is 2.48. The molecule has 1 aromatic heterocycles. The van der Waals surface area contributed by atoms with Crippen LogP contribution < -0.4 is 10.6 Å². The van der Waals surface area contributed by atoms with Gasteiger partial charge in [0.2, 0.25) is 5.95 Å². The van der Waals surface area contributed by atoms with Crippen LogP contribution in [-0.2, 0) is 0 Å². The molecule has 0 aliphatic rings. The van der Waals surface area contributed by atoms with Gasteiger partial charge in [-0.25, -0.2) is 9.37 Å². The summed E-state index contributed by atoms with van der Waals surface area (Å²) in [5.74, 6) is 0.645. The van der Waals surface area contributed by atoms with Crippen molar-refractivity contribution >= 4 is 17.5 Å². The Labute approximate surface area is 105 Å². The molecule has 5 heteroatoms. The highest BCUT2D eigenvalue weighted by Gasteiger charge is 2.12. The molecule has 0 bridgehead atoms. The van der Waals surface area contributed by atoms with Crippen molar-refractivity contribution in [3.8, 4) is 0 Å². The summed E-state index contributed by atoms with van der Waals surface area (Å²) in [6.07, 6.45) is 1.67. The van der Waals surface area contributed by atoms with Gasteiger partial charge in [0.05, 0.1) is 0 Å². The van der Waals surface area contributed by atoms with Gasteiger partial charge in [0.15, 0.2) is 0 Å². The Hall–Kier alpha value is -2.17. The fourth-order valence-corrected chi connectivity index (χ4v) is 1.82. The first-order valence-electron chi connectivity index (χ1n) is 5.74. The molecule has 0 amide bonds. The number of aryl methyl sites for hydroxylation is 1. The first kappa shape index (κ1) is 12.3. The van der Waals surface area contributed by atoms with Crippen LogP contribution in [0.1, 0.15) is 12.5 Å². The Morgan fingerprint density at radius 3 is 2.83 bits per heavy atom. The number of nitrogens with zero attached hydrogens (tertiary/aromatic N) is 3. The lowest BCUT2D eigenvalue weighted by Crippen LogP contribution is -2.19. The number of anilines is 3. The van der Waals surface area contributed by atoms with Crippen LogP contribution in [0.2, 0.25) is 0 Å². The van der Waals surface area contributed by atoms with Crippen LogP contribution in [0, 0.1) is 12.7 Å². The number of halogens is 1. The van der Waals surface area contributed by atoms with Crippen molar-refractivity contribution in [2.45, 2.75) is 13.8 Å². The molecule has 0 saturated heterocycles. The number of nitrogens with two attached hydrogens (primary N) is 1. The van der Waals surface area contributed by atoms with Gasteiger partial charge in [-0.05, 0) is 32.0 Å². The quantitative estimate of drug-likeness (QED) is 0.904. The Bertz CT molecular complexity index is 556. The molecule has 0 aliphatic carbocycles. The summed E-state index contributed by atoms with van der Waals surface area (Å²) < 4.78 is 13.3. The standard InChI is InChI=1S/C13H15FN4/c1-3-18(11-6-4-5-10(14)7-11)12-9(2)8-16-13(15)17-12/h4-8H,3H2,1-2H3,(H2,15,16,17). The summed E-state index contributed by atoms with van der Waals surface area (Å²) in [4.78, 5) is 10.1. The zero-order valence-corrected chi connectivity index (χ0v) is 10.4. The average molecular weight is 246 g/mol. The van der Waals surface area contributed by atoms with Crippen molar-refractivity contribution in [1.82, 2.24) is 9.97 Å². The van der Waals surface area contributed by atoms with Crippen LogP contribution in [-0.4, -0.2) is 16.5 Å². The van der Waals surface area contributed by atoms with Crippen LogP contribution in [0.15, 0.2) is 30.5 Å². The second-order valence-corrected chi connectivity index (χ2v) is 3.96. The lowest BCUT2D eigenvalue weighted by atomic mass is 10.2. The van der Waals surface area contributed by atoms with Crippen molar-refractivity contribution in [1.29, 1.82) is 0 Å². The molecule has 18 heavy (non-hydrogen) atoms. The summed E-state index contributed by atoms with van der Waals surface area (Å²) in [5.41, 5.74) is 7.25. The van der Waals surface area contributed by atoms with Crippen molar-refractivity contribution in [2.75, 3.05) is 17.2 Å². The lowest BCUT2D eigenvalue weighted by molar-refractivity contribution is 0.627. The minimum absolute atomic E-state index is 0.213. The van der Waals surface area contributed by atoms with E-state index in [0.717, 1.165) is 11.3 Å². The van der Waals surface area contributed by atoms with E-state index in [1.165, 1.54) is 12.1 Å². The van der Waals surface area contributed by atoms with E-state index in [1.807, 2.05) is 24.8 Å². The molecule has 0 fully saturated rings. The number of hydrogen-bond donors (Lipinski definition) is 1. The monoisotopic (exact) mass is 246 g/mol. The molecule has 1 heterocycles. The molecule has 0 radical (unpaired) electrons. The van der Waals surface area contributed by atoms with Crippen molar-refractivity contribution < 1.29 is 4.39 Å². The predicted molar refractivity (Wildman–Crippen MR) is 70.3 cm³/mol. The maximum absolute atomic E-state index is 13.3. The van der Waals surface area contributed by atoms with E-state index in [4.69, 9.17) is 5.73 Å². The van der Waals surface area contributed by atoms with Crippen LogP contribution in [0.3, 0.4) is 0 Å². The van der Waals surface area contributed by atoms with Crippen LogP contribution in [0.5, 0.6) is 0 Å². The van der Waals surface area contributed by atoms with E-state index in [1.54, 1.807) is 12.3 Å². The SMILES string of the molecule is CCN(c1cccc(F)c1)c1nc(N)ncc1C. The van der Waals surface area contributed by atoms with Crippen molar-refractivity contribution in [3.63, 3.8) is 0 Å². The van der Waals surface area contributed by atoms with E-state index in [2.05, 4.69) is 9.97 Å². The molecule has 2 N–H and O–H groups in total. The molecule has 0 aliphatic heterocycles. The maximum Gasteiger partial charge on any atom is 0.221 e. The molecule has 4 nitrogen and oxygen atoms in total. The molecule has 0 spiro atoms. The maximum atomic E-state index is 13.3. The van der Waals surface area contributed by atoms with Gasteiger partial charge in [-0.15, -0.1) is 0 Å². The van der Waals surface area contributed by atoms with E-state index in [-0.39, 0.29) is 11.8 Å². The summed E-state index contributed by atoms with van der Waals surface area (Å²) in [6, 6.07) is 6.40. The Morgan fingerprint density at radius 2 is 2.17 bits per heavy atom. The molecule has 2 rings (SSSR count). The van der Waals surface area contributed by atoms with Gasteiger partial charge in [-0.3, -0.25) is 0 Å². The second-order valence-electron chi connectivity index (χ2n) is 3.96. The highest BCUT2D eigenvalue weighted by Crippen LogP contribution is 2.26. The molecule has 94 valence electrons. The third-order valence-electron chi connectivity index (χ3n) is 2.66. The highest BCUT2D eigenvalue weighted by molar-refractivity contribution is 5.63. The second kappa shape index (κ2) is 5.00. The Morgan fingerprint density at radius 1 is 1.39 bits per heavy atom. The highest BCUT2D eigenvalue weighted by atomic mass is 19.1. The van der Waals surface area contributed by atoms with E-state index in [0.29, 0.717) is 12.4 Å². The number of rotatable bonds is 3. The molecule has 1 aromatic carbocycles. The van der Waals surface area contributed by atoms with Gasteiger partial charge in [0.1, 0.15) is 11.6 Å². The van der Waals surface area contributed by atoms with E-state index >= 15 is 0 Å². The van der Waals surface area contributed by atoms with Gasteiger partial charge in [-0.2, -0.15) is 4.98 Å². The van der Waals surface area contributed by atoms with Crippen LogP contribution in [0.4, 0.5) is 21.8 Å². The summed E-state index contributed by atoms with van der Waals surface area (Å²) >= 11 is 0. The number of aromatic nitrogens is 2. The molecule has 0 atom stereocenters. The molecule has 0 saturated carbocycles. The van der Waals surface area contributed by atoms with Gasteiger partial charge in [0.25, 0.3) is 0 Å². The third-order valence-corrected chi connectivity index (χ3v) is 2.66. The van der Waals surface area contributed by atoms with Crippen molar-refractivity contribution in [3.05, 3.63) is 41.8 Å². The summed E-state index contributed by atoms with van der Waals surface area (Å²) in [5, 5.41) is 0. The predicted octanol–water partition coefficient (Wildman–Crippen LogP) is 2.66. The van der Waals surface area contributed by atoms with Crippen LogP contribution in [0.25, 0.3) is 0 Å². The molecular formula is C13H15FN4. The van der Waals surface area contributed by atoms with Gasteiger partial charge in [-0.1, -0.05) is 6.07 Å². The minimum atomic E-state index is -0.273. The van der Waals surface area contributed by atoms with Gasteiger partial charge in [0, 0.05) is 24.0 Å². The largest absolute Gasteiger partial charge is 0.368 e. The number of nitrogen functional groups attached to an aromatic ring is 1. The van der Waals surface area contributed by atoms with Crippen LogP contribution >= 0.6 is 0 Å². The fraction of sp³-hybridized carbons (Fsp3) is 0.231. The third kappa shape index (κ3) is 2.40. The van der Waals surface area contributed by atoms with E-state index in [9.17, 15) is 4.39 Å². The van der Waals surface area contributed by atoms with Crippen molar-refractivity contribution in [2.24, 2.45) is 0 Å². The summed E-state index contributed by atoms with van der Waals surface area (Å²) in [7, 11) is 0. The van der Waals surface area contributed by atoms with E-state index < -0.39 is 0 Å². The number of benzene rings is 1. The van der Waals surface area contributed by atoms with Gasteiger partial charge >= 0.3 is 0 Å². The zero-order chi connectivity index (χ0) is 13.1. The Kier molecular flexibility index (Phi) is 3.41.